The highest BCUT2D eigenvalue weighted by molar-refractivity contribution is 4.80. The Morgan fingerprint density at radius 3 is 2.58 bits per heavy atom. The molecule has 0 amide bonds. The van der Waals surface area contributed by atoms with Gasteiger partial charge in [0, 0.05) is 6.61 Å². The molecular formula is C10H20O2. The maximum absolute atomic E-state index is 9.73. The topological polar surface area (TPSA) is 40.5 Å². The molecule has 0 aliphatic heterocycles. The second-order valence-electron chi connectivity index (χ2n) is 4.31. The molecule has 0 spiro atoms. The molecule has 1 rings (SSSR count). The molecular weight excluding hydrogens is 152 g/mol. The fraction of sp³-hybridized carbons (Fsp3) is 1.00. The minimum Gasteiger partial charge on any atom is -0.396 e. The molecule has 0 radical (unpaired) electrons. The van der Waals surface area contributed by atoms with Gasteiger partial charge in [0.1, 0.15) is 0 Å². The zero-order valence-electron chi connectivity index (χ0n) is 8.03. The SMILES string of the molecule is C[C@@H]1CCC([C@H](C)CO)[C@H](O)C1. The maximum Gasteiger partial charge on any atom is 0.0574 e. The first-order valence-electron chi connectivity index (χ1n) is 4.94. The second-order valence-corrected chi connectivity index (χ2v) is 4.31. The van der Waals surface area contributed by atoms with Crippen LogP contribution in [0.4, 0.5) is 0 Å². The Hall–Kier alpha value is -0.0800. The van der Waals surface area contributed by atoms with Crippen molar-refractivity contribution in [1.82, 2.24) is 0 Å². The summed E-state index contributed by atoms with van der Waals surface area (Å²) in [6.45, 7) is 4.41. The van der Waals surface area contributed by atoms with Gasteiger partial charge in [0.25, 0.3) is 0 Å². The number of aliphatic hydroxyl groups is 2. The molecule has 1 saturated carbocycles. The molecule has 0 aromatic carbocycles. The molecule has 1 unspecified atom stereocenters. The van der Waals surface area contributed by atoms with E-state index < -0.39 is 0 Å². The monoisotopic (exact) mass is 172 g/mol. The Morgan fingerprint density at radius 1 is 1.42 bits per heavy atom. The third-order valence-corrected chi connectivity index (χ3v) is 3.15. The molecule has 1 aliphatic rings. The van der Waals surface area contributed by atoms with Crippen LogP contribution in [0.25, 0.3) is 0 Å². The van der Waals surface area contributed by atoms with Crippen LogP contribution < -0.4 is 0 Å². The summed E-state index contributed by atoms with van der Waals surface area (Å²) < 4.78 is 0. The van der Waals surface area contributed by atoms with Crippen molar-refractivity contribution in [3.05, 3.63) is 0 Å². The van der Waals surface area contributed by atoms with Gasteiger partial charge in [0.15, 0.2) is 0 Å². The minimum atomic E-state index is -0.184. The number of hydrogen-bond acceptors (Lipinski definition) is 2. The molecule has 2 nitrogen and oxygen atoms in total. The normalized spacial score (nSPS) is 39.5. The Labute approximate surface area is 74.6 Å². The molecule has 12 heavy (non-hydrogen) atoms. The molecule has 72 valence electrons. The van der Waals surface area contributed by atoms with Crippen LogP contribution >= 0.6 is 0 Å². The zero-order valence-corrected chi connectivity index (χ0v) is 8.03. The summed E-state index contributed by atoms with van der Waals surface area (Å²) in [6, 6.07) is 0. The molecule has 0 aromatic rings. The van der Waals surface area contributed by atoms with Crippen LogP contribution in [0.5, 0.6) is 0 Å². The summed E-state index contributed by atoms with van der Waals surface area (Å²) >= 11 is 0. The van der Waals surface area contributed by atoms with E-state index in [0.29, 0.717) is 11.8 Å². The summed E-state index contributed by atoms with van der Waals surface area (Å²) in [5.41, 5.74) is 0. The van der Waals surface area contributed by atoms with E-state index in [4.69, 9.17) is 5.11 Å². The first-order chi connectivity index (χ1) is 5.65. The average Bonchev–Trinajstić information content (AvgIpc) is 2.03. The zero-order chi connectivity index (χ0) is 9.14. The van der Waals surface area contributed by atoms with Crippen molar-refractivity contribution in [3.63, 3.8) is 0 Å². The maximum atomic E-state index is 9.73. The van der Waals surface area contributed by atoms with Crippen LogP contribution in [-0.4, -0.2) is 22.9 Å². The van der Waals surface area contributed by atoms with Crippen LogP contribution in [0.1, 0.15) is 33.1 Å². The van der Waals surface area contributed by atoms with E-state index in [1.807, 2.05) is 6.92 Å². The van der Waals surface area contributed by atoms with Crippen molar-refractivity contribution >= 4 is 0 Å². The van der Waals surface area contributed by atoms with Crippen molar-refractivity contribution in [2.45, 2.75) is 39.2 Å². The highest BCUT2D eigenvalue weighted by Crippen LogP contribution is 2.33. The van der Waals surface area contributed by atoms with Gasteiger partial charge in [-0.05, 0) is 30.6 Å². The fourth-order valence-corrected chi connectivity index (χ4v) is 2.17. The minimum absolute atomic E-state index is 0.184. The lowest BCUT2D eigenvalue weighted by Gasteiger charge is -2.34. The molecule has 0 saturated heterocycles. The van der Waals surface area contributed by atoms with Gasteiger partial charge in [0.05, 0.1) is 6.10 Å². The van der Waals surface area contributed by atoms with Gasteiger partial charge in [-0.25, -0.2) is 0 Å². The van der Waals surface area contributed by atoms with Gasteiger partial charge in [0.2, 0.25) is 0 Å². The van der Waals surface area contributed by atoms with Crippen molar-refractivity contribution in [2.75, 3.05) is 6.61 Å². The van der Waals surface area contributed by atoms with Crippen molar-refractivity contribution in [3.8, 4) is 0 Å². The summed E-state index contributed by atoms with van der Waals surface area (Å²) in [7, 11) is 0. The molecule has 4 atom stereocenters. The summed E-state index contributed by atoms with van der Waals surface area (Å²) in [4.78, 5) is 0. The van der Waals surface area contributed by atoms with Gasteiger partial charge in [-0.1, -0.05) is 20.3 Å². The lowest BCUT2D eigenvalue weighted by atomic mass is 9.75. The van der Waals surface area contributed by atoms with E-state index in [1.54, 1.807) is 0 Å². The van der Waals surface area contributed by atoms with Crippen LogP contribution in [0.3, 0.4) is 0 Å². The van der Waals surface area contributed by atoms with Gasteiger partial charge < -0.3 is 10.2 Å². The highest BCUT2D eigenvalue weighted by Gasteiger charge is 2.30. The molecule has 1 fully saturated rings. The van der Waals surface area contributed by atoms with E-state index in [1.165, 1.54) is 6.42 Å². The Morgan fingerprint density at radius 2 is 2.08 bits per heavy atom. The number of aliphatic hydroxyl groups excluding tert-OH is 2. The summed E-state index contributed by atoms with van der Waals surface area (Å²) in [6.07, 6.45) is 3.00. The first kappa shape index (κ1) is 10.0. The lowest BCUT2D eigenvalue weighted by molar-refractivity contribution is 0.00804. The number of rotatable bonds is 2. The largest absolute Gasteiger partial charge is 0.396 e. The van der Waals surface area contributed by atoms with E-state index in [9.17, 15) is 5.11 Å². The third kappa shape index (κ3) is 2.20. The molecule has 2 heteroatoms. The summed E-state index contributed by atoms with van der Waals surface area (Å²) in [5.74, 6) is 1.24. The predicted octanol–water partition coefficient (Wildman–Crippen LogP) is 1.41. The van der Waals surface area contributed by atoms with E-state index in [-0.39, 0.29) is 18.6 Å². The third-order valence-electron chi connectivity index (χ3n) is 3.15. The summed E-state index contributed by atoms with van der Waals surface area (Å²) in [5, 5.41) is 18.7. The van der Waals surface area contributed by atoms with E-state index in [0.717, 1.165) is 12.8 Å². The standard InChI is InChI=1S/C10H20O2/c1-7-3-4-9(8(2)6-11)10(12)5-7/h7-12H,3-6H2,1-2H3/t7-,8-,9?,10-/m1/s1. The molecule has 0 aromatic heterocycles. The number of hydrogen-bond donors (Lipinski definition) is 2. The smallest absolute Gasteiger partial charge is 0.0574 e. The van der Waals surface area contributed by atoms with Crippen LogP contribution in [0.15, 0.2) is 0 Å². The average molecular weight is 172 g/mol. The Bertz CT molecular complexity index is 136. The molecule has 2 N–H and O–H groups in total. The molecule has 0 heterocycles. The van der Waals surface area contributed by atoms with Crippen LogP contribution in [0.2, 0.25) is 0 Å². The second kappa shape index (κ2) is 4.24. The highest BCUT2D eigenvalue weighted by atomic mass is 16.3. The van der Waals surface area contributed by atoms with Crippen molar-refractivity contribution < 1.29 is 10.2 Å². The van der Waals surface area contributed by atoms with Gasteiger partial charge in [-0.2, -0.15) is 0 Å². The van der Waals surface area contributed by atoms with E-state index in [2.05, 4.69) is 6.92 Å². The predicted molar refractivity (Wildman–Crippen MR) is 48.8 cm³/mol. The molecule has 0 bridgehead atoms. The van der Waals surface area contributed by atoms with Crippen molar-refractivity contribution in [1.29, 1.82) is 0 Å². The molecule has 1 aliphatic carbocycles. The van der Waals surface area contributed by atoms with E-state index >= 15 is 0 Å². The van der Waals surface area contributed by atoms with Gasteiger partial charge in [-0.3, -0.25) is 0 Å². The quantitative estimate of drug-likeness (QED) is 0.661. The fourth-order valence-electron chi connectivity index (χ4n) is 2.17. The first-order valence-corrected chi connectivity index (χ1v) is 4.94. The van der Waals surface area contributed by atoms with Crippen molar-refractivity contribution in [2.24, 2.45) is 17.8 Å². The van der Waals surface area contributed by atoms with Crippen LogP contribution in [-0.2, 0) is 0 Å². The van der Waals surface area contributed by atoms with Gasteiger partial charge >= 0.3 is 0 Å². The Balaban J connectivity index is 2.44. The van der Waals surface area contributed by atoms with Gasteiger partial charge in [-0.15, -0.1) is 0 Å². The Kier molecular flexibility index (Phi) is 3.53. The lowest BCUT2D eigenvalue weighted by Crippen LogP contribution is -2.34. The van der Waals surface area contributed by atoms with Crippen LogP contribution in [0, 0.1) is 17.8 Å².